The summed E-state index contributed by atoms with van der Waals surface area (Å²) < 4.78 is 26.4. The predicted molar refractivity (Wildman–Crippen MR) is 84.9 cm³/mol. The van der Waals surface area contributed by atoms with Crippen LogP contribution in [-0.2, 0) is 10.0 Å². The van der Waals surface area contributed by atoms with Crippen molar-refractivity contribution in [2.24, 2.45) is 0 Å². The van der Waals surface area contributed by atoms with Gasteiger partial charge in [-0.3, -0.25) is 10.1 Å². The van der Waals surface area contributed by atoms with Crippen LogP contribution in [-0.4, -0.2) is 42.7 Å². The molecule has 118 valence electrons. The van der Waals surface area contributed by atoms with Crippen LogP contribution in [0.3, 0.4) is 0 Å². The number of sulfonamides is 1. The molecule has 2 N–H and O–H groups in total. The average molecular weight is 333 g/mol. The molecule has 0 saturated carbocycles. The SMILES string of the molecule is CCC(CSC)N(C)S(=O)(=O)c1ccc(N)c([N+](=O)[O-])c1. The number of nitrogens with two attached hydrogens (primary N) is 1. The summed E-state index contributed by atoms with van der Waals surface area (Å²) >= 11 is 1.55. The lowest BCUT2D eigenvalue weighted by Crippen LogP contribution is -2.38. The number of rotatable bonds is 7. The quantitative estimate of drug-likeness (QED) is 0.464. The molecule has 0 amide bonds. The highest BCUT2D eigenvalue weighted by Crippen LogP contribution is 2.27. The Morgan fingerprint density at radius 3 is 2.57 bits per heavy atom. The number of thioether (sulfide) groups is 1. The van der Waals surface area contributed by atoms with E-state index in [1.54, 1.807) is 11.8 Å². The van der Waals surface area contributed by atoms with Gasteiger partial charge in [-0.15, -0.1) is 0 Å². The summed E-state index contributed by atoms with van der Waals surface area (Å²) in [5, 5.41) is 10.9. The molecule has 0 spiro atoms. The molecule has 0 aliphatic carbocycles. The summed E-state index contributed by atoms with van der Waals surface area (Å²) in [4.78, 5) is 10.1. The highest BCUT2D eigenvalue weighted by molar-refractivity contribution is 7.98. The maximum Gasteiger partial charge on any atom is 0.293 e. The Balaban J connectivity index is 3.24. The van der Waals surface area contributed by atoms with Gasteiger partial charge >= 0.3 is 0 Å². The van der Waals surface area contributed by atoms with Crippen LogP contribution < -0.4 is 5.73 Å². The molecule has 0 bridgehead atoms. The summed E-state index contributed by atoms with van der Waals surface area (Å²) in [6, 6.07) is 3.38. The average Bonchev–Trinajstić information content (AvgIpc) is 2.43. The molecule has 0 radical (unpaired) electrons. The van der Waals surface area contributed by atoms with Crippen molar-refractivity contribution in [2.45, 2.75) is 24.3 Å². The highest BCUT2D eigenvalue weighted by atomic mass is 32.2. The summed E-state index contributed by atoms with van der Waals surface area (Å²) in [7, 11) is -2.30. The Kier molecular flexibility index (Phi) is 5.99. The summed E-state index contributed by atoms with van der Waals surface area (Å²) in [5.41, 5.74) is 5.03. The minimum Gasteiger partial charge on any atom is -0.393 e. The largest absolute Gasteiger partial charge is 0.393 e. The van der Waals surface area contributed by atoms with Crippen molar-refractivity contribution < 1.29 is 13.3 Å². The van der Waals surface area contributed by atoms with Gasteiger partial charge < -0.3 is 5.73 Å². The third-order valence-corrected chi connectivity index (χ3v) is 5.84. The second-order valence-electron chi connectivity index (χ2n) is 4.52. The molecule has 9 heteroatoms. The number of nitrogen functional groups attached to an aromatic ring is 1. The molecule has 0 heterocycles. The van der Waals surface area contributed by atoms with E-state index in [1.807, 2.05) is 13.2 Å². The zero-order valence-electron chi connectivity index (χ0n) is 12.1. The molecular weight excluding hydrogens is 314 g/mol. The van der Waals surface area contributed by atoms with E-state index in [-0.39, 0.29) is 16.6 Å². The number of anilines is 1. The first-order chi connectivity index (χ1) is 9.75. The van der Waals surface area contributed by atoms with Gasteiger partial charge in [0.2, 0.25) is 10.0 Å². The molecule has 21 heavy (non-hydrogen) atoms. The lowest BCUT2D eigenvalue weighted by molar-refractivity contribution is -0.384. The van der Waals surface area contributed by atoms with E-state index in [1.165, 1.54) is 23.5 Å². The van der Waals surface area contributed by atoms with E-state index in [4.69, 9.17) is 5.73 Å². The molecule has 1 rings (SSSR count). The number of hydrogen-bond donors (Lipinski definition) is 1. The molecule has 0 fully saturated rings. The van der Waals surface area contributed by atoms with Crippen molar-refractivity contribution >= 4 is 33.2 Å². The Labute approximate surface area is 128 Å². The normalized spacial score (nSPS) is 13.3. The van der Waals surface area contributed by atoms with Crippen LogP contribution in [0, 0.1) is 10.1 Å². The highest BCUT2D eigenvalue weighted by Gasteiger charge is 2.28. The number of nitro benzene ring substituents is 1. The van der Waals surface area contributed by atoms with Crippen LogP contribution in [0.25, 0.3) is 0 Å². The minimum atomic E-state index is -3.79. The topological polar surface area (TPSA) is 107 Å². The van der Waals surface area contributed by atoms with E-state index in [0.717, 1.165) is 6.07 Å². The van der Waals surface area contributed by atoms with Crippen molar-refractivity contribution in [3.05, 3.63) is 28.3 Å². The third kappa shape index (κ3) is 3.86. The standard InChI is InChI=1S/C12H19N3O4S2/c1-4-9(8-20-3)14(2)21(18,19)10-5-6-11(13)12(7-10)15(16)17/h5-7,9H,4,8,13H2,1-3H3. The van der Waals surface area contributed by atoms with E-state index < -0.39 is 20.6 Å². The van der Waals surface area contributed by atoms with Crippen molar-refractivity contribution in [1.82, 2.24) is 4.31 Å². The molecule has 1 unspecified atom stereocenters. The maximum atomic E-state index is 12.5. The fourth-order valence-corrected chi connectivity index (χ4v) is 4.26. The van der Waals surface area contributed by atoms with Crippen molar-refractivity contribution in [1.29, 1.82) is 0 Å². The van der Waals surface area contributed by atoms with Crippen molar-refractivity contribution in [3.8, 4) is 0 Å². The minimum absolute atomic E-state index is 0.0576. The van der Waals surface area contributed by atoms with E-state index in [2.05, 4.69) is 0 Å². The van der Waals surface area contributed by atoms with Crippen LogP contribution in [0.2, 0.25) is 0 Å². The smallest absolute Gasteiger partial charge is 0.293 e. The van der Waals surface area contributed by atoms with Gasteiger partial charge in [-0.1, -0.05) is 6.92 Å². The summed E-state index contributed by atoms with van der Waals surface area (Å²) in [6.45, 7) is 1.90. The second kappa shape index (κ2) is 7.10. The van der Waals surface area contributed by atoms with Gasteiger partial charge in [0.05, 0.1) is 9.82 Å². The van der Waals surface area contributed by atoms with Crippen LogP contribution >= 0.6 is 11.8 Å². The molecular formula is C12H19N3O4S2. The van der Waals surface area contributed by atoms with E-state index in [0.29, 0.717) is 12.2 Å². The zero-order valence-corrected chi connectivity index (χ0v) is 13.8. The Morgan fingerprint density at radius 1 is 1.48 bits per heavy atom. The first-order valence-corrected chi connectivity index (χ1v) is 9.10. The summed E-state index contributed by atoms with van der Waals surface area (Å²) in [5.74, 6) is 0.656. The third-order valence-electron chi connectivity index (χ3n) is 3.22. The molecule has 0 aromatic heterocycles. The van der Waals surface area contributed by atoms with Gasteiger partial charge in [0.25, 0.3) is 5.69 Å². The Morgan fingerprint density at radius 2 is 2.10 bits per heavy atom. The molecule has 1 atom stereocenters. The van der Waals surface area contributed by atoms with Gasteiger partial charge in [0.1, 0.15) is 5.69 Å². The lowest BCUT2D eigenvalue weighted by Gasteiger charge is -2.26. The zero-order chi connectivity index (χ0) is 16.2. The number of nitrogens with zero attached hydrogens (tertiary/aromatic N) is 2. The van der Waals surface area contributed by atoms with Crippen LogP contribution in [0.5, 0.6) is 0 Å². The van der Waals surface area contributed by atoms with Gasteiger partial charge in [-0.05, 0) is 24.8 Å². The number of hydrogen-bond acceptors (Lipinski definition) is 6. The van der Waals surface area contributed by atoms with Gasteiger partial charge in [-0.25, -0.2) is 8.42 Å². The number of benzene rings is 1. The fourth-order valence-electron chi connectivity index (χ4n) is 1.88. The predicted octanol–water partition coefficient (Wildman–Crippen LogP) is 1.94. The molecule has 1 aromatic rings. The van der Waals surface area contributed by atoms with Gasteiger partial charge in [-0.2, -0.15) is 16.1 Å². The fraction of sp³-hybridized carbons (Fsp3) is 0.500. The van der Waals surface area contributed by atoms with Gasteiger partial charge in [0.15, 0.2) is 0 Å². The monoisotopic (exact) mass is 333 g/mol. The van der Waals surface area contributed by atoms with Crippen molar-refractivity contribution in [2.75, 3.05) is 24.8 Å². The van der Waals surface area contributed by atoms with Crippen LogP contribution in [0.4, 0.5) is 11.4 Å². The maximum absolute atomic E-state index is 12.5. The first kappa shape index (κ1) is 17.7. The van der Waals surface area contributed by atoms with Crippen molar-refractivity contribution in [3.63, 3.8) is 0 Å². The first-order valence-electron chi connectivity index (χ1n) is 6.26. The molecule has 7 nitrogen and oxygen atoms in total. The van der Waals surface area contributed by atoms with Gasteiger partial charge in [0, 0.05) is 24.9 Å². The molecule has 0 aliphatic heterocycles. The molecule has 0 aliphatic rings. The Bertz CT molecular complexity index is 619. The summed E-state index contributed by atoms with van der Waals surface area (Å²) in [6.07, 6.45) is 2.56. The Hall–Kier alpha value is -1.32. The van der Waals surface area contributed by atoms with Crippen LogP contribution in [0.15, 0.2) is 23.1 Å². The lowest BCUT2D eigenvalue weighted by atomic mass is 10.3. The van der Waals surface area contributed by atoms with Crippen LogP contribution in [0.1, 0.15) is 13.3 Å². The van der Waals surface area contributed by atoms with E-state index in [9.17, 15) is 18.5 Å². The second-order valence-corrected chi connectivity index (χ2v) is 7.42. The molecule has 0 saturated heterocycles. The molecule has 1 aromatic carbocycles. The van der Waals surface area contributed by atoms with E-state index >= 15 is 0 Å². The number of nitro groups is 1.